The molecule has 0 unspecified atom stereocenters. The van der Waals surface area contributed by atoms with Crippen molar-refractivity contribution < 1.29 is 0 Å². The predicted octanol–water partition coefficient (Wildman–Crippen LogP) is 1.66. The fraction of sp³-hybridized carbons (Fsp3) is 0.400. The number of pyridine rings is 1. The highest BCUT2D eigenvalue weighted by Gasteiger charge is 2.03. The summed E-state index contributed by atoms with van der Waals surface area (Å²) in [7, 11) is 4.11. The van der Waals surface area contributed by atoms with Crippen molar-refractivity contribution in [3.05, 3.63) is 23.2 Å². The van der Waals surface area contributed by atoms with Gasteiger partial charge >= 0.3 is 0 Å². The van der Waals surface area contributed by atoms with Gasteiger partial charge in [0, 0.05) is 19.3 Å². The zero-order valence-corrected chi connectivity index (χ0v) is 9.71. The quantitative estimate of drug-likeness (QED) is 0.802. The van der Waals surface area contributed by atoms with Gasteiger partial charge in [-0.2, -0.15) is 0 Å². The molecule has 80 valence electrons. The first kappa shape index (κ1) is 10.3. The molecule has 0 saturated heterocycles. The van der Waals surface area contributed by atoms with Crippen LogP contribution in [0.4, 0.5) is 0 Å². The molecular formula is C10H14N4S. The Morgan fingerprint density at radius 1 is 1.53 bits per heavy atom. The minimum atomic E-state index is 0.764. The first-order valence-electron chi connectivity index (χ1n) is 4.86. The van der Waals surface area contributed by atoms with Gasteiger partial charge in [0.2, 0.25) is 0 Å². The van der Waals surface area contributed by atoms with E-state index in [4.69, 9.17) is 12.2 Å². The lowest BCUT2D eigenvalue weighted by Gasteiger charge is -2.10. The van der Waals surface area contributed by atoms with Crippen molar-refractivity contribution in [2.75, 3.05) is 20.6 Å². The number of nitrogens with one attached hydrogen (secondary N) is 1. The number of imidazole rings is 1. The fourth-order valence-corrected chi connectivity index (χ4v) is 1.83. The van der Waals surface area contributed by atoms with Crippen LogP contribution in [0.25, 0.3) is 11.0 Å². The van der Waals surface area contributed by atoms with Crippen LogP contribution in [-0.2, 0) is 6.54 Å². The number of aromatic amines is 1. The standard InChI is InChI=1S/C10H14N4S/c1-13(2)5-6-14-9-3-4-11-7-8(9)12-10(14)15/h3-4,7H,5-6H2,1-2H3,(H,12,15). The zero-order chi connectivity index (χ0) is 10.8. The van der Waals surface area contributed by atoms with Crippen molar-refractivity contribution in [3.63, 3.8) is 0 Å². The molecule has 0 aliphatic carbocycles. The summed E-state index contributed by atoms with van der Waals surface area (Å²) >= 11 is 5.27. The number of hydrogen-bond donors (Lipinski definition) is 1. The number of hydrogen-bond acceptors (Lipinski definition) is 3. The molecule has 2 rings (SSSR count). The maximum atomic E-state index is 5.27. The number of likely N-dealkylation sites (N-methyl/N-ethyl adjacent to an activating group) is 1. The van der Waals surface area contributed by atoms with E-state index < -0.39 is 0 Å². The highest BCUT2D eigenvalue weighted by Crippen LogP contribution is 2.11. The van der Waals surface area contributed by atoms with E-state index in [9.17, 15) is 0 Å². The molecule has 2 heterocycles. The Kier molecular flexibility index (Phi) is 2.83. The fourth-order valence-electron chi connectivity index (χ4n) is 1.53. The highest BCUT2D eigenvalue weighted by molar-refractivity contribution is 7.71. The molecule has 0 aromatic carbocycles. The van der Waals surface area contributed by atoms with Crippen molar-refractivity contribution >= 4 is 23.3 Å². The second-order valence-corrected chi connectivity index (χ2v) is 4.16. The summed E-state index contributed by atoms with van der Waals surface area (Å²) in [6, 6.07) is 1.98. The lowest BCUT2D eigenvalue weighted by molar-refractivity contribution is 0.385. The maximum Gasteiger partial charge on any atom is 0.178 e. The van der Waals surface area contributed by atoms with E-state index in [0.29, 0.717) is 0 Å². The average molecular weight is 222 g/mol. The van der Waals surface area contributed by atoms with E-state index in [1.807, 2.05) is 6.07 Å². The van der Waals surface area contributed by atoms with E-state index in [2.05, 4.69) is 33.5 Å². The van der Waals surface area contributed by atoms with Gasteiger partial charge in [-0.3, -0.25) is 4.98 Å². The number of fused-ring (bicyclic) bond motifs is 1. The van der Waals surface area contributed by atoms with Gasteiger partial charge in [-0.25, -0.2) is 0 Å². The molecule has 0 bridgehead atoms. The zero-order valence-electron chi connectivity index (χ0n) is 8.90. The third-order valence-electron chi connectivity index (χ3n) is 2.35. The molecule has 2 aromatic heterocycles. The SMILES string of the molecule is CN(C)CCn1c(=S)[nH]c2cnccc21. The molecule has 0 radical (unpaired) electrons. The number of rotatable bonds is 3. The minimum Gasteiger partial charge on any atom is -0.329 e. The summed E-state index contributed by atoms with van der Waals surface area (Å²) in [5, 5.41) is 0. The van der Waals surface area contributed by atoms with Crippen molar-refractivity contribution in [1.29, 1.82) is 0 Å². The normalized spacial score (nSPS) is 11.4. The van der Waals surface area contributed by atoms with E-state index in [-0.39, 0.29) is 0 Å². The summed E-state index contributed by atoms with van der Waals surface area (Å²) in [4.78, 5) is 9.35. The van der Waals surface area contributed by atoms with Crippen LogP contribution in [0.5, 0.6) is 0 Å². The Labute approximate surface area is 93.5 Å². The monoisotopic (exact) mass is 222 g/mol. The van der Waals surface area contributed by atoms with Crippen LogP contribution in [0.1, 0.15) is 0 Å². The van der Waals surface area contributed by atoms with Crippen molar-refractivity contribution in [3.8, 4) is 0 Å². The van der Waals surface area contributed by atoms with Crippen molar-refractivity contribution in [2.45, 2.75) is 6.54 Å². The molecule has 0 spiro atoms. The Morgan fingerprint density at radius 2 is 2.33 bits per heavy atom. The Balaban J connectivity index is 2.41. The van der Waals surface area contributed by atoms with Gasteiger partial charge in [-0.1, -0.05) is 0 Å². The van der Waals surface area contributed by atoms with E-state index in [0.717, 1.165) is 28.9 Å². The van der Waals surface area contributed by atoms with Gasteiger partial charge in [0.1, 0.15) is 0 Å². The van der Waals surface area contributed by atoms with Gasteiger partial charge in [0.05, 0.1) is 17.2 Å². The molecule has 4 nitrogen and oxygen atoms in total. The lowest BCUT2D eigenvalue weighted by Crippen LogP contribution is -2.18. The second kappa shape index (κ2) is 4.12. The Bertz CT molecular complexity index is 511. The first-order chi connectivity index (χ1) is 7.18. The van der Waals surface area contributed by atoms with Crippen molar-refractivity contribution in [2.24, 2.45) is 0 Å². The van der Waals surface area contributed by atoms with Gasteiger partial charge < -0.3 is 14.5 Å². The number of nitrogens with zero attached hydrogens (tertiary/aromatic N) is 3. The lowest BCUT2D eigenvalue weighted by atomic mass is 10.4. The average Bonchev–Trinajstić information content (AvgIpc) is 2.50. The summed E-state index contributed by atoms with van der Waals surface area (Å²) in [5.74, 6) is 0. The molecule has 15 heavy (non-hydrogen) atoms. The molecule has 0 fully saturated rings. The maximum absolute atomic E-state index is 5.27. The van der Waals surface area contributed by atoms with E-state index >= 15 is 0 Å². The smallest absolute Gasteiger partial charge is 0.178 e. The van der Waals surface area contributed by atoms with Crippen LogP contribution in [0, 0.1) is 4.77 Å². The van der Waals surface area contributed by atoms with E-state index in [1.165, 1.54) is 0 Å². The van der Waals surface area contributed by atoms with Crippen LogP contribution < -0.4 is 0 Å². The van der Waals surface area contributed by atoms with Crippen LogP contribution in [0.15, 0.2) is 18.5 Å². The molecule has 0 atom stereocenters. The largest absolute Gasteiger partial charge is 0.329 e. The summed E-state index contributed by atoms with van der Waals surface area (Å²) in [5.41, 5.74) is 2.12. The van der Waals surface area contributed by atoms with Crippen LogP contribution in [0.2, 0.25) is 0 Å². The predicted molar refractivity (Wildman–Crippen MR) is 63.5 cm³/mol. The topological polar surface area (TPSA) is 36.9 Å². The molecule has 0 saturated carbocycles. The summed E-state index contributed by atoms with van der Waals surface area (Å²) < 4.78 is 2.87. The molecule has 0 aliphatic rings. The number of H-pyrrole nitrogens is 1. The van der Waals surface area contributed by atoms with Gasteiger partial charge in [-0.15, -0.1) is 0 Å². The Morgan fingerprint density at radius 3 is 3.07 bits per heavy atom. The highest BCUT2D eigenvalue weighted by atomic mass is 32.1. The molecular weight excluding hydrogens is 208 g/mol. The molecule has 0 aliphatic heterocycles. The van der Waals surface area contributed by atoms with Gasteiger partial charge in [0.25, 0.3) is 0 Å². The second-order valence-electron chi connectivity index (χ2n) is 3.78. The molecule has 5 heteroatoms. The summed E-state index contributed by atoms with van der Waals surface area (Å²) in [6.07, 6.45) is 3.59. The third-order valence-corrected chi connectivity index (χ3v) is 2.67. The molecule has 1 N–H and O–H groups in total. The van der Waals surface area contributed by atoms with Crippen LogP contribution >= 0.6 is 12.2 Å². The van der Waals surface area contributed by atoms with Crippen molar-refractivity contribution in [1.82, 2.24) is 19.4 Å². The van der Waals surface area contributed by atoms with Crippen LogP contribution in [0.3, 0.4) is 0 Å². The van der Waals surface area contributed by atoms with E-state index in [1.54, 1.807) is 12.4 Å². The van der Waals surface area contributed by atoms with Crippen LogP contribution in [-0.4, -0.2) is 40.1 Å². The molecule has 2 aromatic rings. The molecule has 0 amide bonds. The van der Waals surface area contributed by atoms with Gasteiger partial charge in [0.15, 0.2) is 4.77 Å². The summed E-state index contributed by atoms with van der Waals surface area (Å²) in [6.45, 7) is 1.87. The van der Waals surface area contributed by atoms with Gasteiger partial charge in [-0.05, 0) is 32.4 Å². The first-order valence-corrected chi connectivity index (χ1v) is 5.26. The Hall–Kier alpha value is -1.20. The minimum absolute atomic E-state index is 0.764. The number of aromatic nitrogens is 3. The third kappa shape index (κ3) is 2.08.